The average molecular weight is 455 g/mol. The summed E-state index contributed by atoms with van der Waals surface area (Å²) < 4.78 is 10.9. The highest BCUT2D eigenvalue weighted by Crippen LogP contribution is 2.29. The smallest absolute Gasteiger partial charge is 0.344 e. The number of para-hydroxylation sites is 1. The van der Waals surface area contributed by atoms with Crippen LogP contribution in [0.25, 0.3) is 0 Å². The van der Waals surface area contributed by atoms with Crippen molar-refractivity contribution in [2.75, 3.05) is 33.9 Å². The number of hydrogen-bond donors (Lipinski definition) is 2. The molecule has 1 saturated heterocycles. The monoisotopic (exact) mass is 454 g/mol. The van der Waals surface area contributed by atoms with E-state index < -0.39 is 23.4 Å². The fourth-order valence-corrected chi connectivity index (χ4v) is 3.58. The number of methoxy groups -OCH3 is 1. The second-order valence-corrected chi connectivity index (χ2v) is 8.16. The van der Waals surface area contributed by atoms with Gasteiger partial charge in [0, 0.05) is 6.54 Å². The lowest BCUT2D eigenvalue weighted by Gasteiger charge is -2.23. The van der Waals surface area contributed by atoms with E-state index in [1.807, 2.05) is 31.2 Å². The van der Waals surface area contributed by atoms with Crippen LogP contribution < -0.4 is 20.2 Å². The zero-order valence-corrected chi connectivity index (χ0v) is 19.4. The minimum Gasteiger partial charge on any atom is -0.497 e. The van der Waals surface area contributed by atoms with Crippen LogP contribution in [0, 0.1) is 6.92 Å². The summed E-state index contributed by atoms with van der Waals surface area (Å²) in [6.07, 6.45) is 0.719. The van der Waals surface area contributed by atoms with Gasteiger partial charge in [-0.15, -0.1) is 0 Å². The predicted molar refractivity (Wildman–Crippen MR) is 123 cm³/mol. The van der Waals surface area contributed by atoms with Crippen LogP contribution >= 0.6 is 0 Å². The average Bonchev–Trinajstić information content (AvgIpc) is 3.01. The van der Waals surface area contributed by atoms with Gasteiger partial charge in [-0.2, -0.15) is 5.01 Å². The van der Waals surface area contributed by atoms with Gasteiger partial charge in [-0.3, -0.25) is 19.9 Å². The molecule has 0 bridgehead atoms. The summed E-state index contributed by atoms with van der Waals surface area (Å²) in [5.41, 5.74) is 2.79. The molecule has 2 aromatic carbocycles. The first kappa shape index (κ1) is 24.1. The summed E-state index contributed by atoms with van der Waals surface area (Å²) in [5.74, 6) is 0.466. The van der Waals surface area contributed by atoms with Crippen molar-refractivity contribution in [3.8, 4) is 11.5 Å². The van der Waals surface area contributed by atoms with E-state index in [0.717, 1.165) is 22.7 Å². The molecule has 1 aliphatic rings. The van der Waals surface area contributed by atoms with Crippen LogP contribution in [0.1, 0.15) is 24.5 Å². The Morgan fingerprint density at radius 3 is 2.52 bits per heavy atom. The fourth-order valence-electron chi connectivity index (χ4n) is 3.58. The lowest BCUT2D eigenvalue weighted by molar-refractivity contribution is -0.139. The molecule has 4 amide bonds. The number of aryl methyl sites for hydroxylation is 1. The van der Waals surface area contributed by atoms with Gasteiger partial charge >= 0.3 is 6.03 Å². The van der Waals surface area contributed by atoms with Crippen molar-refractivity contribution in [2.24, 2.45) is 0 Å². The molecule has 2 aromatic rings. The Hall–Kier alpha value is -3.59. The maximum absolute atomic E-state index is 13.0. The Labute approximate surface area is 193 Å². The van der Waals surface area contributed by atoms with Gasteiger partial charge in [-0.1, -0.05) is 30.3 Å². The number of carbonyl (C=O) groups is 3. The minimum absolute atomic E-state index is 0.0284. The number of hydrazine groups is 1. The molecule has 1 heterocycles. The third-order valence-electron chi connectivity index (χ3n) is 5.54. The van der Waals surface area contributed by atoms with Gasteiger partial charge in [0.15, 0.2) is 0 Å². The summed E-state index contributed by atoms with van der Waals surface area (Å²) >= 11 is 0. The molecule has 9 nitrogen and oxygen atoms in total. The van der Waals surface area contributed by atoms with E-state index in [-0.39, 0.29) is 6.54 Å². The molecule has 0 saturated carbocycles. The van der Waals surface area contributed by atoms with Gasteiger partial charge in [0.2, 0.25) is 0 Å². The number of imide groups is 1. The SMILES string of the molecule is COc1ccc(C2(C)NC(=O)N(NC(=O)CN(C)CCCOc3ccccc3C)C2=O)cc1. The highest BCUT2D eigenvalue weighted by molar-refractivity contribution is 6.08. The highest BCUT2D eigenvalue weighted by atomic mass is 16.5. The van der Waals surface area contributed by atoms with E-state index in [4.69, 9.17) is 9.47 Å². The first-order valence-electron chi connectivity index (χ1n) is 10.7. The largest absolute Gasteiger partial charge is 0.497 e. The molecular formula is C24H30N4O5. The second kappa shape index (κ2) is 10.4. The molecule has 3 rings (SSSR count). The van der Waals surface area contributed by atoms with Crippen LogP contribution in [0.15, 0.2) is 48.5 Å². The number of rotatable bonds is 10. The molecular weight excluding hydrogens is 424 g/mol. The quantitative estimate of drug-likeness (QED) is 0.422. The number of likely N-dealkylation sites (N-methyl/N-ethyl adjacent to an activating group) is 1. The van der Waals surface area contributed by atoms with Crippen molar-refractivity contribution in [1.29, 1.82) is 0 Å². The fraction of sp³-hybridized carbons (Fsp3) is 0.375. The van der Waals surface area contributed by atoms with Gasteiger partial charge in [0.25, 0.3) is 11.8 Å². The number of benzene rings is 2. The van der Waals surface area contributed by atoms with E-state index in [2.05, 4.69) is 10.7 Å². The maximum atomic E-state index is 13.0. The topological polar surface area (TPSA) is 100 Å². The summed E-state index contributed by atoms with van der Waals surface area (Å²) in [7, 11) is 3.34. The number of nitrogens with one attached hydrogen (secondary N) is 2. The Balaban J connectivity index is 1.48. The third-order valence-corrected chi connectivity index (χ3v) is 5.54. The van der Waals surface area contributed by atoms with Crippen LogP contribution in [0.2, 0.25) is 0 Å². The van der Waals surface area contributed by atoms with Crippen LogP contribution in [-0.4, -0.2) is 61.6 Å². The highest BCUT2D eigenvalue weighted by Gasteiger charge is 2.50. The number of carbonyl (C=O) groups excluding carboxylic acids is 3. The zero-order valence-electron chi connectivity index (χ0n) is 19.4. The Morgan fingerprint density at radius 1 is 1.15 bits per heavy atom. The van der Waals surface area contributed by atoms with Crippen LogP contribution in [0.5, 0.6) is 11.5 Å². The summed E-state index contributed by atoms with van der Waals surface area (Å²) in [6, 6.07) is 13.9. The van der Waals surface area contributed by atoms with Crippen LogP contribution in [0.4, 0.5) is 4.79 Å². The minimum atomic E-state index is -1.28. The molecule has 0 spiro atoms. The van der Waals surface area contributed by atoms with E-state index >= 15 is 0 Å². The van der Waals surface area contributed by atoms with Crippen molar-refractivity contribution in [1.82, 2.24) is 20.7 Å². The number of amides is 4. The molecule has 176 valence electrons. The molecule has 2 N–H and O–H groups in total. The number of nitrogens with zero attached hydrogens (tertiary/aromatic N) is 2. The standard InChI is InChI=1S/C24H30N4O5/c1-17-8-5-6-9-20(17)33-15-7-14-27(3)16-21(29)26-28-22(30)24(2,25-23(28)31)18-10-12-19(32-4)13-11-18/h5-6,8-13H,7,14-16H2,1-4H3,(H,25,31)(H,26,29). The zero-order chi connectivity index (χ0) is 24.0. The molecule has 1 unspecified atom stereocenters. The van der Waals surface area contributed by atoms with Crippen molar-refractivity contribution in [3.63, 3.8) is 0 Å². The van der Waals surface area contributed by atoms with Gasteiger partial charge in [0.1, 0.15) is 17.0 Å². The molecule has 1 fully saturated rings. The molecule has 9 heteroatoms. The predicted octanol–water partition coefficient (Wildman–Crippen LogP) is 2.20. The second-order valence-electron chi connectivity index (χ2n) is 8.16. The van der Waals surface area contributed by atoms with Gasteiger partial charge < -0.3 is 14.8 Å². The first-order chi connectivity index (χ1) is 15.7. The number of ether oxygens (including phenoxy) is 2. The molecule has 1 atom stereocenters. The molecule has 0 aliphatic carbocycles. The third kappa shape index (κ3) is 5.61. The lowest BCUT2D eigenvalue weighted by Crippen LogP contribution is -2.50. The lowest BCUT2D eigenvalue weighted by atomic mass is 9.92. The number of hydrogen-bond acceptors (Lipinski definition) is 6. The van der Waals surface area contributed by atoms with Crippen LogP contribution in [0.3, 0.4) is 0 Å². The normalized spacial score (nSPS) is 17.8. The van der Waals surface area contributed by atoms with Crippen molar-refractivity contribution >= 4 is 17.8 Å². The molecule has 33 heavy (non-hydrogen) atoms. The van der Waals surface area contributed by atoms with Gasteiger partial charge in [-0.05, 0) is 56.6 Å². The van der Waals surface area contributed by atoms with E-state index in [9.17, 15) is 14.4 Å². The van der Waals surface area contributed by atoms with Crippen molar-refractivity contribution in [3.05, 3.63) is 59.7 Å². The summed E-state index contributed by atoms with van der Waals surface area (Å²) in [5, 5.41) is 3.39. The Bertz CT molecular complexity index is 1010. The number of urea groups is 1. The molecule has 0 aromatic heterocycles. The Morgan fingerprint density at radius 2 is 1.85 bits per heavy atom. The Kier molecular flexibility index (Phi) is 7.55. The van der Waals surface area contributed by atoms with Gasteiger partial charge in [0.05, 0.1) is 20.3 Å². The van der Waals surface area contributed by atoms with Gasteiger partial charge in [-0.25, -0.2) is 4.79 Å². The van der Waals surface area contributed by atoms with Crippen molar-refractivity contribution < 1.29 is 23.9 Å². The molecule has 0 radical (unpaired) electrons. The van der Waals surface area contributed by atoms with E-state index in [1.54, 1.807) is 50.2 Å². The summed E-state index contributed by atoms with van der Waals surface area (Å²) in [4.78, 5) is 39.6. The van der Waals surface area contributed by atoms with E-state index in [0.29, 0.717) is 24.5 Å². The first-order valence-corrected chi connectivity index (χ1v) is 10.7. The van der Waals surface area contributed by atoms with Crippen LogP contribution in [-0.2, 0) is 15.1 Å². The summed E-state index contributed by atoms with van der Waals surface area (Å²) in [6.45, 7) is 4.75. The maximum Gasteiger partial charge on any atom is 0.344 e. The molecule has 1 aliphatic heterocycles. The van der Waals surface area contributed by atoms with E-state index in [1.165, 1.54) is 0 Å². The van der Waals surface area contributed by atoms with Crippen molar-refractivity contribution in [2.45, 2.75) is 25.8 Å².